The second-order valence-corrected chi connectivity index (χ2v) is 8.09. The van der Waals surface area contributed by atoms with Gasteiger partial charge in [0.2, 0.25) is 0 Å². The van der Waals surface area contributed by atoms with Crippen molar-refractivity contribution >= 4 is 18.0 Å². The van der Waals surface area contributed by atoms with Crippen LogP contribution < -0.4 is 10.6 Å². The Morgan fingerprint density at radius 1 is 1.09 bits per heavy atom. The minimum Gasteiger partial charge on any atom is -0.478 e. The standard InChI is InChI=1S/C25H26N2O6/c1-15(24(29)30)10-12-26-23(28)22-21(11-13-32-22)27-25(31)33-14-20-18-8-4-2-6-16(18)17-7-3-5-9-19(17)20/h2-10,20-22H,11-14H2,1H3,(H,26,28)(H,27,31)(H,29,30)/b15-10+. The molecule has 1 saturated heterocycles. The molecule has 2 aromatic rings. The number of ether oxygens (including phenoxy) is 2. The molecule has 0 aromatic heterocycles. The van der Waals surface area contributed by atoms with Crippen molar-refractivity contribution in [3.05, 3.63) is 71.3 Å². The van der Waals surface area contributed by atoms with Crippen LogP contribution in [-0.2, 0) is 19.1 Å². The van der Waals surface area contributed by atoms with Crippen LogP contribution in [0.5, 0.6) is 0 Å². The fraction of sp³-hybridized carbons (Fsp3) is 0.320. The molecule has 1 aliphatic carbocycles. The molecule has 2 unspecified atom stereocenters. The van der Waals surface area contributed by atoms with Crippen molar-refractivity contribution < 1.29 is 29.0 Å². The second kappa shape index (κ2) is 9.87. The van der Waals surface area contributed by atoms with Gasteiger partial charge in [-0.25, -0.2) is 9.59 Å². The number of alkyl carbamates (subject to hydrolysis) is 1. The van der Waals surface area contributed by atoms with E-state index in [1.807, 2.05) is 36.4 Å². The third kappa shape index (κ3) is 4.90. The van der Waals surface area contributed by atoms with Crippen molar-refractivity contribution in [2.24, 2.45) is 0 Å². The van der Waals surface area contributed by atoms with Gasteiger partial charge in [0.15, 0.2) is 6.10 Å². The van der Waals surface area contributed by atoms with Gasteiger partial charge in [0, 0.05) is 24.6 Å². The highest BCUT2D eigenvalue weighted by Gasteiger charge is 2.36. The Hall–Kier alpha value is -3.65. The third-order valence-corrected chi connectivity index (χ3v) is 6.02. The molecule has 0 spiro atoms. The number of carbonyl (C=O) groups excluding carboxylic acids is 2. The number of amides is 2. The number of carboxylic acid groups (broad SMARTS) is 1. The van der Waals surface area contributed by atoms with E-state index in [9.17, 15) is 14.4 Å². The maximum atomic E-state index is 12.5. The molecular formula is C25H26N2O6. The van der Waals surface area contributed by atoms with E-state index in [4.69, 9.17) is 14.6 Å². The van der Waals surface area contributed by atoms with E-state index in [-0.39, 0.29) is 24.6 Å². The Kier molecular flexibility index (Phi) is 6.74. The van der Waals surface area contributed by atoms with Crippen LogP contribution in [0.2, 0.25) is 0 Å². The molecule has 2 aromatic carbocycles. The van der Waals surface area contributed by atoms with Gasteiger partial charge in [-0.05, 0) is 35.6 Å². The monoisotopic (exact) mass is 450 g/mol. The number of benzene rings is 2. The van der Waals surface area contributed by atoms with Crippen LogP contribution >= 0.6 is 0 Å². The summed E-state index contributed by atoms with van der Waals surface area (Å²) in [6.45, 7) is 2.02. The maximum Gasteiger partial charge on any atom is 0.407 e. The van der Waals surface area contributed by atoms with Crippen molar-refractivity contribution in [2.75, 3.05) is 19.8 Å². The third-order valence-electron chi connectivity index (χ3n) is 6.02. The average molecular weight is 450 g/mol. The summed E-state index contributed by atoms with van der Waals surface area (Å²) < 4.78 is 11.0. The molecule has 4 rings (SSSR count). The van der Waals surface area contributed by atoms with E-state index in [0.717, 1.165) is 22.3 Å². The smallest absolute Gasteiger partial charge is 0.407 e. The SMILES string of the molecule is C/C(=C\CNC(=O)C1OCCC1NC(=O)OCC1c2ccccc2-c2ccccc21)C(=O)O. The van der Waals surface area contributed by atoms with Gasteiger partial charge in [-0.2, -0.15) is 0 Å². The van der Waals surface area contributed by atoms with Crippen LogP contribution in [0.4, 0.5) is 4.79 Å². The predicted octanol–water partition coefficient (Wildman–Crippen LogP) is 2.83. The Balaban J connectivity index is 1.33. The Labute approximate surface area is 191 Å². The van der Waals surface area contributed by atoms with Crippen molar-refractivity contribution in [1.82, 2.24) is 10.6 Å². The highest BCUT2D eigenvalue weighted by atomic mass is 16.6. The summed E-state index contributed by atoms with van der Waals surface area (Å²) in [6, 6.07) is 15.7. The van der Waals surface area contributed by atoms with E-state index in [1.54, 1.807) is 0 Å². The molecule has 0 saturated carbocycles. The van der Waals surface area contributed by atoms with Crippen molar-refractivity contribution in [3.63, 3.8) is 0 Å². The van der Waals surface area contributed by atoms with Gasteiger partial charge in [-0.3, -0.25) is 4.79 Å². The summed E-state index contributed by atoms with van der Waals surface area (Å²) >= 11 is 0. The van der Waals surface area contributed by atoms with Crippen LogP contribution in [0.3, 0.4) is 0 Å². The van der Waals surface area contributed by atoms with Gasteiger partial charge in [0.25, 0.3) is 5.91 Å². The quantitative estimate of drug-likeness (QED) is 0.559. The summed E-state index contributed by atoms with van der Waals surface area (Å²) in [4.78, 5) is 35.8. The van der Waals surface area contributed by atoms with Gasteiger partial charge >= 0.3 is 12.1 Å². The average Bonchev–Trinajstić information content (AvgIpc) is 3.40. The lowest BCUT2D eigenvalue weighted by molar-refractivity contribution is -0.133. The van der Waals surface area contributed by atoms with Crippen LogP contribution in [0.15, 0.2) is 60.2 Å². The molecule has 2 aliphatic rings. The zero-order chi connectivity index (χ0) is 23.4. The highest BCUT2D eigenvalue weighted by Crippen LogP contribution is 2.44. The van der Waals surface area contributed by atoms with Gasteiger partial charge in [-0.15, -0.1) is 0 Å². The first kappa shape index (κ1) is 22.5. The minimum absolute atomic E-state index is 0.0497. The first-order valence-corrected chi connectivity index (χ1v) is 10.9. The largest absolute Gasteiger partial charge is 0.478 e. The molecule has 2 atom stereocenters. The van der Waals surface area contributed by atoms with Crippen LogP contribution in [-0.4, -0.2) is 55.0 Å². The van der Waals surface area contributed by atoms with Gasteiger partial charge in [0.1, 0.15) is 6.61 Å². The Morgan fingerprint density at radius 3 is 2.36 bits per heavy atom. The lowest BCUT2D eigenvalue weighted by Gasteiger charge is -2.20. The zero-order valence-electron chi connectivity index (χ0n) is 18.2. The summed E-state index contributed by atoms with van der Waals surface area (Å²) in [5.41, 5.74) is 4.68. The van der Waals surface area contributed by atoms with Crippen molar-refractivity contribution in [1.29, 1.82) is 0 Å². The molecular weight excluding hydrogens is 424 g/mol. The first-order valence-electron chi connectivity index (χ1n) is 10.9. The molecule has 0 bridgehead atoms. The summed E-state index contributed by atoms with van der Waals surface area (Å²) in [6.07, 6.45) is 0.422. The van der Waals surface area contributed by atoms with Crippen LogP contribution in [0.25, 0.3) is 11.1 Å². The van der Waals surface area contributed by atoms with Crippen LogP contribution in [0, 0.1) is 0 Å². The fourth-order valence-corrected chi connectivity index (χ4v) is 4.28. The number of rotatable bonds is 7. The highest BCUT2D eigenvalue weighted by molar-refractivity contribution is 5.86. The molecule has 1 heterocycles. The van der Waals surface area contributed by atoms with Crippen molar-refractivity contribution in [2.45, 2.75) is 31.4 Å². The molecule has 0 radical (unpaired) electrons. The summed E-state index contributed by atoms with van der Waals surface area (Å²) in [5.74, 6) is -1.51. The normalized spacial score (nSPS) is 19.5. The lowest BCUT2D eigenvalue weighted by Crippen LogP contribution is -2.48. The molecule has 8 nitrogen and oxygen atoms in total. The molecule has 1 fully saturated rings. The number of hydrogen-bond acceptors (Lipinski definition) is 5. The number of aliphatic carboxylic acids is 1. The maximum absolute atomic E-state index is 12.5. The molecule has 2 amide bonds. The van der Waals surface area contributed by atoms with Crippen molar-refractivity contribution in [3.8, 4) is 11.1 Å². The number of hydrogen-bond donors (Lipinski definition) is 3. The zero-order valence-corrected chi connectivity index (χ0v) is 18.2. The predicted molar refractivity (Wildman–Crippen MR) is 121 cm³/mol. The summed E-state index contributed by atoms with van der Waals surface area (Å²) in [5, 5.41) is 14.2. The van der Waals surface area contributed by atoms with Gasteiger partial charge in [-0.1, -0.05) is 54.6 Å². The van der Waals surface area contributed by atoms with E-state index in [1.165, 1.54) is 13.0 Å². The molecule has 1 aliphatic heterocycles. The van der Waals surface area contributed by atoms with E-state index >= 15 is 0 Å². The number of carbonyl (C=O) groups is 3. The minimum atomic E-state index is -1.05. The molecule has 8 heteroatoms. The molecule has 172 valence electrons. The lowest BCUT2D eigenvalue weighted by atomic mass is 9.98. The van der Waals surface area contributed by atoms with Crippen LogP contribution in [0.1, 0.15) is 30.4 Å². The van der Waals surface area contributed by atoms with E-state index in [2.05, 4.69) is 22.8 Å². The first-order chi connectivity index (χ1) is 16.0. The molecule has 33 heavy (non-hydrogen) atoms. The second-order valence-electron chi connectivity index (χ2n) is 8.09. The summed E-state index contributed by atoms with van der Waals surface area (Å²) in [7, 11) is 0. The number of carboxylic acids is 1. The number of fused-ring (bicyclic) bond motifs is 3. The topological polar surface area (TPSA) is 114 Å². The Bertz CT molecular complexity index is 1050. The Morgan fingerprint density at radius 2 is 1.73 bits per heavy atom. The molecule has 3 N–H and O–H groups in total. The van der Waals surface area contributed by atoms with Gasteiger partial charge < -0.3 is 25.2 Å². The number of nitrogens with one attached hydrogen (secondary N) is 2. The van der Waals surface area contributed by atoms with Gasteiger partial charge in [0.05, 0.1) is 6.04 Å². The van der Waals surface area contributed by atoms with E-state index < -0.39 is 30.1 Å². The fourth-order valence-electron chi connectivity index (χ4n) is 4.28. The van der Waals surface area contributed by atoms with E-state index in [0.29, 0.717) is 13.0 Å².